The van der Waals surface area contributed by atoms with E-state index in [2.05, 4.69) is 52.0 Å². The number of aryl methyl sites for hydroxylation is 2. The van der Waals surface area contributed by atoms with Gasteiger partial charge in [0.05, 0.1) is 0 Å². The molecule has 0 unspecified atom stereocenters. The van der Waals surface area contributed by atoms with Crippen molar-refractivity contribution in [1.29, 1.82) is 0 Å². The molecular weight excluding hydrogens is 450 g/mol. The maximum absolute atomic E-state index is 13.4. The smallest absolute Gasteiger partial charge is 0.736 e. The molecule has 3 aliphatic rings. The number of phosphoric ester groups is 1. The molecule has 184 valence electrons. The Hall–Kier alpha value is -1.17. The van der Waals surface area contributed by atoms with Gasteiger partial charge in [-0.2, -0.15) is 0 Å². The van der Waals surface area contributed by atoms with E-state index in [1.807, 2.05) is 0 Å². The van der Waals surface area contributed by atoms with Crippen molar-refractivity contribution in [3.63, 3.8) is 0 Å². The molecule has 0 amide bonds. The van der Waals surface area contributed by atoms with Gasteiger partial charge in [0.1, 0.15) is 11.5 Å². The number of rotatable bonds is 2. The summed E-state index contributed by atoms with van der Waals surface area (Å²) >= 11 is 0. The van der Waals surface area contributed by atoms with Crippen molar-refractivity contribution < 1.29 is 37.4 Å². The molecule has 0 saturated heterocycles. The molecule has 1 aliphatic heterocycles. The monoisotopic (exact) mass is 488 g/mol. The molecular formula is C29H38LiO4P. The Balaban J connectivity index is 0.00000289. The zero-order valence-corrected chi connectivity index (χ0v) is 23.1. The molecule has 1 heterocycles. The summed E-state index contributed by atoms with van der Waals surface area (Å²) in [4.78, 5) is 13.4. The van der Waals surface area contributed by atoms with Crippen LogP contribution in [0.5, 0.6) is 11.5 Å². The summed E-state index contributed by atoms with van der Waals surface area (Å²) in [7, 11) is -4.62. The molecule has 35 heavy (non-hydrogen) atoms. The second-order valence-corrected chi connectivity index (χ2v) is 12.9. The first-order chi connectivity index (χ1) is 16.1. The van der Waals surface area contributed by atoms with Crippen LogP contribution in [-0.2, 0) is 21.8 Å². The topological polar surface area (TPSA) is 58.6 Å². The fraction of sp³-hybridized carbons (Fsp3) is 0.586. The third-order valence-electron chi connectivity index (χ3n) is 8.62. The molecule has 5 rings (SSSR count). The van der Waals surface area contributed by atoms with Crippen molar-refractivity contribution in [3.8, 4) is 11.5 Å². The summed E-state index contributed by atoms with van der Waals surface area (Å²) in [6.07, 6.45) is 11.9. The van der Waals surface area contributed by atoms with Crippen molar-refractivity contribution >= 4 is 7.82 Å². The van der Waals surface area contributed by atoms with Crippen LogP contribution in [0.3, 0.4) is 0 Å². The molecule has 0 atom stereocenters. The first kappa shape index (κ1) is 26.9. The minimum absolute atomic E-state index is 0. The first-order valence-corrected chi connectivity index (χ1v) is 14.5. The first-order valence-electron chi connectivity index (χ1n) is 13.1. The number of fused-ring (bicyclic) bond motifs is 2. The summed E-state index contributed by atoms with van der Waals surface area (Å²) in [6, 6.07) is 8.48. The van der Waals surface area contributed by atoms with Gasteiger partial charge in [-0.05, 0) is 61.5 Å². The SMILES string of the molecule is Cc1cc2c(c(C3(C)CCCCC3)c1)OP(=O)([O-])Oc1c(cc(C)cc1C1(C)CCCCC1)C2.[Li+]. The van der Waals surface area contributed by atoms with Crippen LogP contribution in [0.4, 0.5) is 0 Å². The predicted molar refractivity (Wildman–Crippen MR) is 135 cm³/mol. The van der Waals surface area contributed by atoms with Crippen LogP contribution >= 0.6 is 7.82 Å². The van der Waals surface area contributed by atoms with E-state index in [1.54, 1.807) is 0 Å². The largest absolute Gasteiger partial charge is 1.00 e. The van der Waals surface area contributed by atoms with Crippen LogP contribution in [0.1, 0.15) is 111 Å². The van der Waals surface area contributed by atoms with Crippen LogP contribution in [0, 0.1) is 13.8 Å². The van der Waals surface area contributed by atoms with E-state index < -0.39 is 7.82 Å². The molecule has 0 spiro atoms. The van der Waals surface area contributed by atoms with Crippen molar-refractivity contribution in [1.82, 2.24) is 0 Å². The van der Waals surface area contributed by atoms with Gasteiger partial charge < -0.3 is 13.9 Å². The van der Waals surface area contributed by atoms with E-state index in [-0.39, 0.29) is 29.7 Å². The molecule has 0 N–H and O–H groups in total. The summed E-state index contributed by atoms with van der Waals surface area (Å²) in [5, 5.41) is 0. The molecule has 2 aromatic carbocycles. The van der Waals surface area contributed by atoms with Crippen molar-refractivity contribution in [2.45, 2.75) is 109 Å². The average Bonchev–Trinajstić information content (AvgIpc) is 2.77. The molecule has 0 radical (unpaired) electrons. The van der Waals surface area contributed by atoms with Gasteiger partial charge in [0, 0.05) is 17.5 Å². The zero-order chi connectivity index (χ0) is 24.1. The Morgan fingerprint density at radius 3 is 1.46 bits per heavy atom. The van der Waals surface area contributed by atoms with Crippen LogP contribution < -0.4 is 32.8 Å². The maximum atomic E-state index is 13.4. The van der Waals surface area contributed by atoms with Crippen molar-refractivity contribution in [2.75, 3.05) is 0 Å². The number of benzene rings is 2. The van der Waals surface area contributed by atoms with Gasteiger partial charge in [0.15, 0.2) is 0 Å². The van der Waals surface area contributed by atoms with Gasteiger partial charge in [-0.1, -0.05) is 87.8 Å². The van der Waals surface area contributed by atoms with Crippen molar-refractivity contribution in [3.05, 3.63) is 57.6 Å². The molecule has 2 saturated carbocycles. The minimum Gasteiger partial charge on any atom is -0.736 e. The Morgan fingerprint density at radius 2 is 1.09 bits per heavy atom. The molecule has 2 fully saturated rings. The number of phosphoric acid groups is 1. The Labute approximate surface area is 223 Å². The number of hydrogen-bond donors (Lipinski definition) is 0. The summed E-state index contributed by atoms with van der Waals surface area (Å²) in [5.41, 5.74) is 6.10. The van der Waals surface area contributed by atoms with Crippen LogP contribution in [0.15, 0.2) is 24.3 Å². The van der Waals surface area contributed by atoms with E-state index in [9.17, 15) is 9.46 Å². The Morgan fingerprint density at radius 1 is 0.714 bits per heavy atom. The third kappa shape index (κ3) is 5.29. The van der Waals surface area contributed by atoms with Crippen molar-refractivity contribution in [2.24, 2.45) is 0 Å². The van der Waals surface area contributed by atoms with Gasteiger partial charge in [-0.3, -0.25) is 0 Å². The number of hydrogen-bond acceptors (Lipinski definition) is 4. The standard InChI is InChI=1S/C29H39O4P.Li/c1-20-15-22-19-23-16-21(2)18-25(29(4)13-9-6-10-14-29)27(23)33-34(30,31)32-26(22)24(17-20)28(3)11-7-5-8-12-28;/h15-18H,5-14,19H2,1-4H3,(H,30,31);/q;+1/p-1. The second-order valence-electron chi connectivity index (χ2n) is 11.7. The molecule has 6 heteroatoms. The normalized spacial score (nSPS) is 22.2. The van der Waals surface area contributed by atoms with Gasteiger partial charge >= 0.3 is 26.7 Å². The van der Waals surface area contributed by atoms with Gasteiger partial charge in [-0.15, -0.1) is 0 Å². The van der Waals surface area contributed by atoms with Crippen LogP contribution in [0.2, 0.25) is 0 Å². The fourth-order valence-electron chi connectivity index (χ4n) is 6.72. The zero-order valence-electron chi connectivity index (χ0n) is 22.2. The predicted octanol–water partition coefficient (Wildman–Crippen LogP) is 4.58. The quantitative estimate of drug-likeness (QED) is 0.459. The van der Waals surface area contributed by atoms with Crippen LogP contribution in [0.25, 0.3) is 0 Å². The van der Waals surface area contributed by atoms with E-state index in [0.717, 1.165) is 84.7 Å². The van der Waals surface area contributed by atoms with Crippen LogP contribution in [-0.4, -0.2) is 0 Å². The van der Waals surface area contributed by atoms with E-state index in [1.165, 1.54) is 12.8 Å². The van der Waals surface area contributed by atoms with E-state index in [0.29, 0.717) is 17.9 Å². The fourth-order valence-corrected chi connectivity index (χ4v) is 7.64. The molecule has 2 aromatic rings. The summed E-state index contributed by atoms with van der Waals surface area (Å²) < 4.78 is 25.1. The Kier molecular flexibility index (Phi) is 7.64. The molecule has 4 nitrogen and oxygen atoms in total. The van der Waals surface area contributed by atoms with E-state index >= 15 is 0 Å². The van der Waals surface area contributed by atoms with Gasteiger partial charge in [0.2, 0.25) is 0 Å². The summed E-state index contributed by atoms with van der Waals surface area (Å²) in [6.45, 7) is 8.74. The van der Waals surface area contributed by atoms with E-state index in [4.69, 9.17) is 9.05 Å². The second kappa shape index (κ2) is 9.94. The molecule has 0 bridgehead atoms. The molecule has 2 aliphatic carbocycles. The average molecular weight is 489 g/mol. The summed E-state index contributed by atoms with van der Waals surface area (Å²) in [5.74, 6) is 1.01. The third-order valence-corrected chi connectivity index (χ3v) is 9.43. The van der Waals surface area contributed by atoms with Gasteiger partial charge in [0.25, 0.3) is 0 Å². The maximum Gasteiger partial charge on any atom is 1.00 e. The Bertz CT molecular complexity index is 1060. The minimum atomic E-state index is -4.62. The van der Waals surface area contributed by atoms with Gasteiger partial charge in [-0.25, -0.2) is 4.57 Å². The molecule has 0 aromatic heterocycles.